The lowest BCUT2D eigenvalue weighted by Gasteiger charge is -2.04. The average Bonchev–Trinajstić information content (AvgIpc) is 2.47. The third kappa shape index (κ3) is 3.12. The molecular weight excluding hydrogens is 318 g/mol. The van der Waals surface area contributed by atoms with E-state index in [0.717, 1.165) is 12.1 Å². The number of rotatable bonds is 4. The minimum absolute atomic E-state index is 0.0484. The van der Waals surface area contributed by atoms with Crippen molar-refractivity contribution in [2.24, 2.45) is 0 Å². The highest BCUT2D eigenvalue weighted by Crippen LogP contribution is 2.35. The average molecular weight is 324 g/mol. The molecule has 112 valence electrons. The van der Waals surface area contributed by atoms with Crippen LogP contribution in [0.4, 0.5) is 17.3 Å². The second-order valence-corrected chi connectivity index (χ2v) is 4.25. The maximum Gasteiger partial charge on any atom is 0.295 e. The van der Waals surface area contributed by atoms with E-state index in [4.69, 9.17) is 11.6 Å². The molecule has 11 heteroatoms. The standard InChI is InChI=1S/C11H6ClN5O5/c12-9-7(16(19)20)4-6(5-8(9)17(21)22)10(18)15-11-13-2-1-3-14-11/h1-5H,(H,13,14,15,18). The molecule has 1 N–H and O–H groups in total. The highest BCUT2D eigenvalue weighted by molar-refractivity contribution is 6.35. The lowest BCUT2D eigenvalue weighted by molar-refractivity contribution is -0.393. The van der Waals surface area contributed by atoms with Gasteiger partial charge in [0.2, 0.25) is 5.95 Å². The monoisotopic (exact) mass is 323 g/mol. The third-order valence-corrected chi connectivity index (χ3v) is 2.87. The molecule has 10 nitrogen and oxygen atoms in total. The molecular formula is C11H6ClN5O5. The molecule has 1 heterocycles. The Morgan fingerprint density at radius 3 is 2.05 bits per heavy atom. The number of benzene rings is 1. The first-order valence-electron chi connectivity index (χ1n) is 5.61. The molecule has 0 saturated heterocycles. The summed E-state index contributed by atoms with van der Waals surface area (Å²) in [5.74, 6) is -0.887. The van der Waals surface area contributed by atoms with Crippen LogP contribution in [0.25, 0.3) is 0 Å². The van der Waals surface area contributed by atoms with Crippen molar-refractivity contribution in [3.8, 4) is 0 Å². The first-order valence-corrected chi connectivity index (χ1v) is 5.98. The molecule has 0 unspecified atom stereocenters. The van der Waals surface area contributed by atoms with E-state index in [9.17, 15) is 25.0 Å². The maximum absolute atomic E-state index is 12.0. The number of carbonyl (C=O) groups is 1. The molecule has 1 amide bonds. The number of halogens is 1. The topological polar surface area (TPSA) is 141 Å². The minimum Gasteiger partial charge on any atom is -0.290 e. The van der Waals surface area contributed by atoms with E-state index >= 15 is 0 Å². The molecule has 2 rings (SSSR count). The number of carbonyl (C=O) groups excluding carboxylic acids is 1. The largest absolute Gasteiger partial charge is 0.295 e. The molecule has 0 radical (unpaired) electrons. The highest BCUT2D eigenvalue weighted by atomic mass is 35.5. The van der Waals surface area contributed by atoms with Crippen molar-refractivity contribution in [1.29, 1.82) is 0 Å². The van der Waals surface area contributed by atoms with Gasteiger partial charge in [-0.1, -0.05) is 11.6 Å². The van der Waals surface area contributed by atoms with Crippen LogP contribution in [0.15, 0.2) is 30.6 Å². The van der Waals surface area contributed by atoms with Crippen LogP contribution in [0.2, 0.25) is 5.02 Å². The minimum atomic E-state index is -0.912. The van der Waals surface area contributed by atoms with Crippen LogP contribution < -0.4 is 5.32 Å². The van der Waals surface area contributed by atoms with Gasteiger partial charge in [-0.05, 0) is 6.07 Å². The summed E-state index contributed by atoms with van der Waals surface area (Å²) in [4.78, 5) is 39.4. The second-order valence-electron chi connectivity index (χ2n) is 3.87. The van der Waals surface area contributed by atoms with Crippen molar-refractivity contribution < 1.29 is 14.6 Å². The van der Waals surface area contributed by atoms with Crippen LogP contribution in [0.3, 0.4) is 0 Å². The van der Waals surface area contributed by atoms with E-state index < -0.39 is 32.2 Å². The van der Waals surface area contributed by atoms with Crippen molar-refractivity contribution in [3.05, 3.63) is 61.4 Å². The molecule has 2 aromatic rings. The van der Waals surface area contributed by atoms with Gasteiger partial charge in [0.25, 0.3) is 17.3 Å². The fourth-order valence-corrected chi connectivity index (χ4v) is 1.78. The number of nitro groups is 2. The molecule has 0 spiro atoms. The van der Waals surface area contributed by atoms with Gasteiger partial charge in [-0.2, -0.15) is 0 Å². The van der Waals surface area contributed by atoms with E-state index in [2.05, 4.69) is 15.3 Å². The molecule has 0 saturated carbocycles. The molecule has 0 fully saturated rings. The zero-order valence-corrected chi connectivity index (χ0v) is 11.4. The van der Waals surface area contributed by atoms with E-state index in [1.807, 2.05) is 0 Å². The SMILES string of the molecule is O=C(Nc1ncccn1)c1cc([N+](=O)[O-])c(Cl)c([N+](=O)[O-])c1. The number of nitro benzene ring substituents is 2. The summed E-state index contributed by atoms with van der Waals surface area (Å²) in [7, 11) is 0. The van der Waals surface area contributed by atoms with Gasteiger partial charge in [0.15, 0.2) is 5.02 Å². The Hall–Kier alpha value is -3.14. The number of nitrogens with zero attached hydrogens (tertiary/aromatic N) is 4. The Bertz CT molecular complexity index is 732. The number of hydrogen-bond acceptors (Lipinski definition) is 7. The van der Waals surface area contributed by atoms with Crippen molar-refractivity contribution in [2.75, 3.05) is 5.32 Å². The quantitative estimate of drug-likeness (QED) is 0.671. The normalized spacial score (nSPS) is 10.0. The first kappa shape index (κ1) is 15.3. The van der Waals surface area contributed by atoms with Gasteiger partial charge >= 0.3 is 0 Å². The Kier molecular flexibility index (Phi) is 4.23. The molecule has 0 atom stereocenters. The molecule has 0 aliphatic rings. The summed E-state index contributed by atoms with van der Waals surface area (Å²) < 4.78 is 0. The predicted octanol–water partition coefficient (Wildman–Crippen LogP) is 2.20. The summed E-state index contributed by atoms with van der Waals surface area (Å²) in [6.07, 6.45) is 2.74. The van der Waals surface area contributed by atoms with Gasteiger partial charge in [-0.15, -0.1) is 0 Å². The highest BCUT2D eigenvalue weighted by Gasteiger charge is 2.27. The summed E-state index contributed by atoms with van der Waals surface area (Å²) >= 11 is 5.60. The summed E-state index contributed by atoms with van der Waals surface area (Å²) in [6.45, 7) is 0. The predicted molar refractivity (Wildman–Crippen MR) is 74.7 cm³/mol. The van der Waals surface area contributed by atoms with E-state index in [-0.39, 0.29) is 11.5 Å². The molecule has 22 heavy (non-hydrogen) atoms. The van der Waals surface area contributed by atoms with Gasteiger partial charge in [0, 0.05) is 24.5 Å². The lowest BCUT2D eigenvalue weighted by Crippen LogP contribution is -2.14. The van der Waals surface area contributed by atoms with Crippen LogP contribution in [-0.2, 0) is 0 Å². The van der Waals surface area contributed by atoms with Gasteiger partial charge < -0.3 is 0 Å². The zero-order chi connectivity index (χ0) is 16.3. The fraction of sp³-hybridized carbons (Fsp3) is 0. The number of anilines is 1. The summed E-state index contributed by atoms with van der Waals surface area (Å²) in [5.41, 5.74) is -1.79. The van der Waals surface area contributed by atoms with Crippen molar-refractivity contribution in [1.82, 2.24) is 9.97 Å². The first-order chi connectivity index (χ1) is 10.4. The Balaban J connectivity index is 2.44. The van der Waals surface area contributed by atoms with Gasteiger partial charge in [-0.3, -0.25) is 30.3 Å². The smallest absolute Gasteiger partial charge is 0.290 e. The van der Waals surface area contributed by atoms with Gasteiger partial charge in [-0.25, -0.2) is 9.97 Å². The van der Waals surface area contributed by atoms with Crippen LogP contribution in [0, 0.1) is 20.2 Å². The number of amides is 1. The van der Waals surface area contributed by atoms with Crippen LogP contribution in [0.5, 0.6) is 0 Å². The number of hydrogen-bond donors (Lipinski definition) is 1. The lowest BCUT2D eigenvalue weighted by atomic mass is 10.1. The third-order valence-electron chi connectivity index (χ3n) is 2.48. The Morgan fingerprint density at radius 1 is 1.09 bits per heavy atom. The van der Waals surface area contributed by atoms with E-state index in [0.29, 0.717) is 0 Å². The zero-order valence-electron chi connectivity index (χ0n) is 10.6. The summed E-state index contributed by atoms with van der Waals surface area (Å²) in [6, 6.07) is 3.20. The van der Waals surface area contributed by atoms with Crippen LogP contribution in [0.1, 0.15) is 10.4 Å². The molecule has 0 aliphatic heterocycles. The molecule has 0 aliphatic carbocycles. The van der Waals surface area contributed by atoms with Gasteiger partial charge in [0.05, 0.1) is 15.4 Å². The molecule has 0 bridgehead atoms. The van der Waals surface area contributed by atoms with E-state index in [1.165, 1.54) is 18.5 Å². The van der Waals surface area contributed by atoms with Crippen LogP contribution in [-0.4, -0.2) is 25.7 Å². The molecule has 1 aromatic carbocycles. The van der Waals surface area contributed by atoms with Gasteiger partial charge in [0.1, 0.15) is 0 Å². The van der Waals surface area contributed by atoms with E-state index in [1.54, 1.807) is 0 Å². The maximum atomic E-state index is 12.0. The van der Waals surface area contributed by atoms with Crippen molar-refractivity contribution in [3.63, 3.8) is 0 Å². The second kappa shape index (κ2) is 6.10. The van der Waals surface area contributed by atoms with Crippen LogP contribution >= 0.6 is 11.6 Å². The van der Waals surface area contributed by atoms with Crippen molar-refractivity contribution >= 4 is 34.8 Å². The molecule has 1 aromatic heterocycles. The number of nitrogens with one attached hydrogen (secondary N) is 1. The van der Waals surface area contributed by atoms with Crippen molar-refractivity contribution in [2.45, 2.75) is 0 Å². The summed E-state index contributed by atoms with van der Waals surface area (Å²) in [5, 5.41) is 23.4. The Labute approximate surface area is 127 Å². The number of aromatic nitrogens is 2. The Morgan fingerprint density at radius 2 is 1.59 bits per heavy atom. The fourth-order valence-electron chi connectivity index (χ4n) is 1.53.